The number of imidazole rings is 1. The quantitative estimate of drug-likeness (QED) is 0.491. The lowest BCUT2D eigenvalue weighted by Gasteiger charge is -2.09. The molecule has 0 bridgehead atoms. The second-order valence-electron chi connectivity index (χ2n) is 5.03. The van der Waals surface area contributed by atoms with Gasteiger partial charge in [-0.05, 0) is 23.8 Å². The van der Waals surface area contributed by atoms with Crippen LogP contribution in [0.1, 0.15) is 11.1 Å². The summed E-state index contributed by atoms with van der Waals surface area (Å²) < 4.78 is 7.91. The number of nitrogens with one attached hydrogen (secondary N) is 1. The van der Waals surface area contributed by atoms with E-state index in [4.69, 9.17) is 17.0 Å². The fourth-order valence-corrected chi connectivity index (χ4v) is 4.16. The van der Waals surface area contributed by atoms with E-state index < -0.39 is 0 Å². The van der Waals surface area contributed by atoms with Crippen molar-refractivity contribution in [1.82, 2.24) is 14.9 Å². The number of hydrogen-bond acceptors (Lipinski definition) is 6. The van der Waals surface area contributed by atoms with Crippen molar-refractivity contribution >= 4 is 52.0 Å². The summed E-state index contributed by atoms with van der Waals surface area (Å²) >= 11 is 7.93. The van der Waals surface area contributed by atoms with Crippen molar-refractivity contribution in [3.8, 4) is 5.75 Å². The molecule has 1 saturated heterocycles. The number of thioether (sulfide) groups is 2. The van der Waals surface area contributed by atoms with Crippen LogP contribution in [0.4, 0.5) is 0 Å². The van der Waals surface area contributed by atoms with Crippen molar-refractivity contribution in [1.29, 1.82) is 0 Å². The minimum atomic E-state index is -0.148. The van der Waals surface area contributed by atoms with Crippen molar-refractivity contribution in [2.45, 2.75) is 10.9 Å². The van der Waals surface area contributed by atoms with Crippen LogP contribution in [-0.4, -0.2) is 26.9 Å². The van der Waals surface area contributed by atoms with E-state index in [9.17, 15) is 4.79 Å². The van der Waals surface area contributed by atoms with Crippen LogP contribution in [0.3, 0.4) is 0 Å². The molecule has 1 N–H and O–H groups in total. The van der Waals surface area contributed by atoms with E-state index in [-0.39, 0.29) is 5.91 Å². The third-order valence-electron chi connectivity index (χ3n) is 3.38. The molecule has 0 spiro atoms. The molecule has 2 aromatic rings. The molecule has 3 rings (SSSR count). The highest BCUT2D eigenvalue weighted by molar-refractivity contribution is 8.26. The minimum absolute atomic E-state index is 0.148. The number of carbonyl (C=O) groups excluding carboxylic acids is 1. The van der Waals surface area contributed by atoms with Gasteiger partial charge in [0.05, 0.1) is 12.0 Å². The van der Waals surface area contributed by atoms with E-state index in [1.165, 1.54) is 11.8 Å². The first-order valence-corrected chi connectivity index (χ1v) is 9.30. The van der Waals surface area contributed by atoms with Crippen LogP contribution < -0.4 is 10.1 Å². The monoisotopic (exact) mass is 377 g/mol. The van der Waals surface area contributed by atoms with Gasteiger partial charge in [-0.1, -0.05) is 41.8 Å². The van der Waals surface area contributed by atoms with Gasteiger partial charge >= 0.3 is 0 Å². The summed E-state index contributed by atoms with van der Waals surface area (Å²) in [5.74, 6) is 1.39. The zero-order valence-corrected chi connectivity index (χ0v) is 15.6. The van der Waals surface area contributed by atoms with Gasteiger partial charge in [0.1, 0.15) is 10.1 Å². The topological polar surface area (TPSA) is 56.1 Å². The van der Waals surface area contributed by atoms with Crippen molar-refractivity contribution in [3.63, 3.8) is 0 Å². The number of methoxy groups -OCH3 is 1. The first kappa shape index (κ1) is 17.1. The lowest BCUT2D eigenvalue weighted by atomic mass is 10.1. The minimum Gasteiger partial charge on any atom is -0.496 e. The van der Waals surface area contributed by atoms with Gasteiger partial charge in [-0.15, -0.1) is 0 Å². The van der Waals surface area contributed by atoms with E-state index >= 15 is 0 Å². The number of nitrogens with zero attached hydrogens (tertiary/aromatic N) is 2. The van der Waals surface area contributed by atoms with Gasteiger partial charge in [0.15, 0.2) is 5.16 Å². The summed E-state index contributed by atoms with van der Waals surface area (Å²) in [6, 6.07) is 5.86. The molecule has 1 aliphatic heterocycles. The van der Waals surface area contributed by atoms with E-state index in [1.807, 2.05) is 42.1 Å². The number of benzene rings is 1. The Labute approximate surface area is 153 Å². The molecule has 5 nitrogen and oxygen atoms in total. The predicted octanol–water partition coefficient (Wildman–Crippen LogP) is 3.21. The van der Waals surface area contributed by atoms with Gasteiger partial charge in [-0.25, -0.2) is 4.98 Å². The van der Waals surface area contributed by atoms with Gasteiger partial charge in [-0.3, -0.25) is 4.79 Å². The standard InChI is InChI=1S/C16H15N3O2S3/c1-19-6-5-17-15(19)23-9-11-7-10(3-4-12(11)21-2)8-13-14(20)18-16(22)24-13/h3-8H,9H2,1-2H3,(H,18,20,22)/b13-8-. The third kappa shape index (κ3) is 3.82. The highest BCUT2D eigenvalue weighted by Gasteiger charge is 2.22. The number of ether oxygens (including phenoxy) is 1. The molecule has 1 amide bonds. The normalized spacial score (nSPS) is 15.8. The highest BCUT2D eigenvalue weighted by Crippen LogP contribution is 2.30. The molecular weight excluding hydrogens is 362 g/mol. The molecule has 24 heavy (non-hydrogen) atoms. The Bertz CT molecular complexity index is 830. The van der Waals surface area contributed by atoms with Crippen LogP contribution >= 0.6 is 35.7 Å². The van der Waals surface area contributed by atoms with Crippen LogP contribution in [0.15, 0.2) is 40.7 Å². The van der Waals surface area contributed by atoms with E-state index in [2.05, 4.69) is 10.3 Å². The maximum absolute atomic E-state index is 11.8. The zero-order valence-electron chi connectivity index (χ0n) is 13.1. The SMILES string of the molecule is COc1ccc(/C=C2\SC(=S)NC2=O)cc1CSc1nccn1C. The van der Waals surface area contributed by atoms with Crippen molar-refractivity contribution in [2.24, 2.45) is 7.05 Å². The van der Waals surface area contributed by atoms with E-state index in [0.29, 0.717) is 9.23 Å². The molecule has 0 atom stereocenters. The summed E-state index contributed by atoms with van der Waals surface area (Å²) in [7, 11) is 3.62. The number of thiocarbonyl (C=S) groups is 1. The molecule has 0 aliphatic carbocycles. The van der Waals surface area contributed by atoms with Crippen LogP contribution in [0.5, 0.6) is 5.75 Å². The number of hydrogen-bond donors (Lipinski definition) is 1. The summed E-state index contributed by atoms with van der Waals surface area (Å²) in [4.78, 5) is 16.7. The van der Waals surface area contributed by atoms with Crippen LogP contribution in [0.25, 0.3) is 6.08 Å². The Morgan fingerprint density at radius 3 is 2.96 bits per heavy atom. The number of rotatable bonds is 5. The Balaban J connectivity index is 1.83. The molecule has 1 aromatic carbocycles. The van der Waals surface area contributed by atoms with Crippen molar-refractivity contribution in [3.05, 3.63) is 46.6 Å². The maximum atomic E-state index is 11.8. The maximum Gasteiger partial charge on any atom is 0.263 e. The molecule has 2 heterocycles. The predicted molar refractivity (Wildman–Crippen MR) is 102 cm³/mol. The average Bonchev–Trinajstić information content (AvgIpc) is 3.10. The van der Waals surface area contributed by atoms with Crippen molar-refractivity contribution in [2.75, 3.05) is 7.11 Å². The van der Waals surface area contributed by atoms with Crippen LogP contribution in [0.2, 0.25) is 0 Å². The number of amides is 1. The molecule has 0 saturated carbocycles. The van der Waals surface area contributed by atoms with Crippen LogP contribution in [-0.2, 0) is 17.6 Å². The highest BCUT2D eigenvalue weighted by atomic mass is 32.2. The Hall–Kier alpha value is -1.77. The number of carbonyl (C=O) groups is 1. The lowest BCUT2D eigenvalue weighted by Crippen LogP contribution is -2.17. The van der Waals surface area contributed by atoms with Crippen molar-refractivity contribution < 1.29 is 9.53 Å². The molecule has 0 radical (unpaired) electrons. The summed E-state index contributed by atoms with van der Waals surface area (Å²) in [5, 5.41) is 3.56. The second kappa shape index (κ2) is 7.42. The van der Waals surface area contributed by atoms with Gasteiger partial charge in [0, 0.05) is 30.8 Å². The van der Waals surface area contributed by atoms with Gasteiger partial charge in [0.25, 0.3) is 5.91 Å². The number of aryl methyl sites for hydroxylation is 1. The Kier molecular flexibility index (Phi) is 5.27. The summed E-state index contributed by atoms with van der Waals surface area (Å²) in [5.41, 5.74) is 1.99. The molecule has 124 valence electrons. The largest absolute Gasteiger partial charge is 0.496 e. The lowest BCUT2D eigenvalue weighted by molar-refractivity contribution is -0.115. The van der Waals surface area contributed by atoms with Gasteiger partial charge < -0.3 is 14.6 Å². The zero-order chi connectivity index (χ0) is 17.1. The Morgan fingerprint density at radius 1 is 1.50 bits per heavy atom. The molecule has 1 aliphatic rings. The van der Waals surface area contributed by atoms with Gasteiger partial charge in [0.2, 0.25) is 0 Å². The smallest absolute Gasteiger partial charge is 0.263 e. The first-order valence-electron chi connectivity index (χ1n) is 7.08. The Morgan fingerprint density at radius 2 is 2.33 bits per heavy atom. The van der Waals surface area contributed by atoms with Gasteiger partial charge in [-0.2, -0.15) is 0 Å². The molecule has 8 heteroatoms. The van der Waals surface area contributed by atoms with E-state index in [1.54, 1.807) is 25.1 Å². The average molecular weight is 378 g/mol. The summed E-state index contributed by atoms with van der Waals surface area (Å²) in [6.07, 6.45) is 5.53. The third-order valence-corrected chi connectivity index (χ3v) is 5.65. The second-order valence-corrected chi connectivity index (χ2v) is 7.69. The first-order chi connectivity index (χ1) is 11.6. The molecule has 1 fully saturated rings. The molecule has 0 unspecified atom stereocenters. The summed E-state index contributed by atoms with van der Waals surface area (Å²) in [6.45, 7) is 0. The fraction of sp³-hybridized carbons (Fsp3) is 0.188. The van der Waals surface area contributed by atoms with Crippen LogP contribution in [0, 0.1) is 0 Å². The fourth-order valence-electron chi connectivity index (χ4n) is 2.21. The van der Waals surface area contributed by atoms with E-state index in [0.717, 1.165) is 27.8 Å². The number of aromatic nitrogens is 2. The molecular formula is C16H15N3O2S3. The molecule has 1 aromatic heterocycles.